The molecule has 0 amide bonds. The number of nitrogens with zero attached hydrogens (tertiary/aromatic N) is 3. The van der Waals surface area contributed by atoms with E-state index < -0.39 is 0 Å². The fourth-order valence-corrected chi connectivity index (χ4v) is 1.27. The van der Waals surface area contributed by atoms with E-state index >= 15 is 0 Å². The van der Waals surface area contributed by atoms with Gasteiger partial charge in [0.05, 0.1) is 5.56 Å². The van der Waals surface area contributed by atoms with Crippen LogP contribution < -0.4 is 5.73 Å². The van der Waals surface area contributed by atoms with Gasteiger partial charge in [0, 0.05) is 31.3 Å². The highest BCUT2D eigenvalue weighted by atomic mass is 16.1. The Balaban J connectivity index is 2.41. The Labute approximate surface area is 86.5 Å². The second-order valence-electron chi connectivity index (χ2n) is 3.17. The van der Waals surface area contributed by atoms with Crippen molar-refractivity contribution in [2.24, 2.45) is 7.05 Å². The normalized spacial score (nSPS) is 10.2. The van der Waals surface area contributed by atoms with Crippen molar-refractivity contribution in [3.05, 3.63) is 42.0 Å². The Bertz CT molecular complexity index is 504. The summed E-state index contributed by atoms with van der Waals surface area (Å²) in [5, 5.41) is 4.01. The van der Waals surface area contributed by atoms with E-state index in [4.69, 9.17) is 5.73 Å². The first-order chi connectivity index (χ1) is 7.18. The summed E-state index contributed by atoms with van der Waals surface area (Å²) in [5.74, 6) is -0.207. The monoisotopic (exact) mass is 202 g/mol. The molecular weight excluding hydrogens is 192 g/mol. The zero-order valence-electron chi connectivity index (χ0n) is 8.21. The number of anilines is 1. The molecule has 0 aromatic carbocycles. The van der Waals surface area contributed by atoms with Gasteiger partial charge < -0.3 is 5.73 Å². The van der Waals surface area contributed by atoms with Gasteiger partial charge in [0.2, 0.25) is 5.78 Å². The van der Waals surface area contributed by atoms with Gasteiger partial charge in [-0.3, -0.25) is 14.5 Å². The second kappa shape index (κ2) is 3.53. The molecule has 2 aromatic heterocycles. The number of hydrogen-bond donors (Lipinski definition) is 1. The number of hydrogen-bond acceptors (Lipinski definition) is 4. The number of nitrogen functional groups attached to an aromatic ring is 1. The quantitative estimate of drug-likeness (QED) is 0.725. The van der Waals surface area contributed by atoms with Gasteiger partial charge >= 0.3 is 0 Å². The van der Waals surface area contributed by atoms with Crippen LogP contribution in [0.15, 0.2) is 30.7 Å². The standard InChI is InChI=1S/C10H10N4O/c1-14-5-3-9(13-14)10(15)7-6-12-4-2-8(7)11/h2-6H,1H3,(H2,11,12). The van der Waals surface area contributed by atoms with Crippen LogP contribution in [0.4, 0.5) is 5.69 Å². The Morgan fingerprint density at radius 2 is 2.27 bits per heavy atom. The highest BCUT2D eigenvalue weighted by molar-refractivity contribution is 6.10. The number of aromatic nitrogens is 3. The van der Waals surface area contributed by atoms with Crippen LogP contribution in [0.25, 0.3) is 0 Å². The maximum Gasteiger partial charge on any atom is 0.216 e. The van der Waals surface area contributed by atoms with Crippen LogP contribution in [-0.2, 0) is 7.05 Å². The molecule has 0 unspecified atom stereocenters. The number of pyridine rings is 1. The first-order valence-electron chi connectivity index (χ1n) is 4.42. The van der Waals surface area contributed by atoms with Gasteiger partial charge in [0.25, 0.3) is 0 Å². The van der Waals surface area contributed by atoms with Crippen LogP contribution in [0.3, 0.4) is 0 Å². The van der Waals surface area contributed by atoms with E-state index in [1.54, 1.807) is 36.3 Å². The maximum atomic E-state index is 11.9. The highest BCUT2D eigenvalue weighted by Gasteiger charge is 2.14. The Morgan fingerprint density at radius 1 is 1.47 bits per heavy atom. The summed E-state index contributed by atoms with van der Waals surface area (Å²) in [5.41, 5.74) is 6.85. The molecule has 76 valence electrons. The van der Waals surface area contributed by atoms with E-state index in [9.17, 15) is 4.79 Å². The van der Waals surface area contributed by atoms with Gasteiger partial charge in [-0.15, -0.1) is 0 Å². The minimum absolute atomic E-state index is 0.207. The second-order valence-corrected chi connectivity index (χ2v) is 3.17. The van der Waals surface area contributed by atoms with Crippen LogP contribution in [0, 0.1) is 0 Å². The number of carbonyl (C=O) groups excluding carboxylic acids is 1. The summed E-state index contributed by atoms with van der Waals surface area (Å²) in [4.78, 5) is 15.7. The minimum atomic E-state index is -0.207. The molecule has 2 rings (SSSR count). The molecule has 5 heteroatoms. The fourth-order valence-electron chi connectivity index (χ4n) is 1.27. The maximum absolute atomic E-state index is 11.9. The lowest BCUT2D eigenvalue weighted by molar-refractivity contribution is 0.103. The fraction of sp³-hybridized carbons (Fsp3) is 0.100. The van der Waals surface area contributed by atoms with Crippen LogP contribution >= 0.6 is 0 Å². The van der Waals surface area contributed by atoms with Crippen LogP contribution in [-0.4, -0.2) is 20.5 Å². The number of ketones is 1. The molecule has 0 spiro atoms. The van der Waals surface area contributed by atoms with Crippen molar-refractivity contribution in [3.63, 3.8) is 0 Å². The molecule has 15 heavy (non-hydrogen) atoms. The third-order valence-corrected chi connectivity index (χ3v) is 2.05. The highest BCUT2D eigenvalue weighted by Crippen LogP contribution is 2.13. The van der Waals surface area contributed by atoms with Crippen molar-refractivity contribution in [1.29, 1.82) is 0 Å². The summed E-state index contributed by atoms with van der Waals surface area (Å²) < 4.78 is 1.57. The van der Waals surface area contributed by atoms with Crippen LogP contribution in [0.5, 0.6) is 0 Å². The van der Waals surface area contributed by atoms with Crippen molar-refractivity contribution in [2.45, 2.75) is 0 Å². The number of carbonyl (C=O) groups is 1. The van der Waals surface area contributed by atoms with Gasteiger partial charge in [-0.05, 0) is 12.1 Å². The van der Waals surface area contributed by atoms with Gasteiger partial charge in [-0.2, -0.15) is 5.10 Å². The third kappa shape index (κ3) is 1.71. The summed E-state index contributed by atoms with van der Waals surface area (Å²) >= 11 is 0. The van der Waals surface area contributed by atoms with Gasteiger partial charge in [-0.25, -0.2) is 0 Å². The number of aryl methyl sites for hydroxylation is 1. The van der Waals surface area contributed by atoms with Gasteiger partial charge in [-0.1, -0.05) is 0 Å². The Hall–Kier alpha value is -2.17. The average Bonchev–Trinajstić information content (AvgIpc) is 2.65. The van der Waals surface area contributed by atoms with Crippen molar-refractivity contribution < 1.29 is 4.79 Å². The van der Waals surface area contributed by atoms with E-state index in [-0.39, 0.29) is 5.78 Å². The summed E-state index contributed by atoms with van der Waals surface area (Å²) in [7, 11) is 1.75. The smallest absolute Gasteiger partial charge is 0.216 e. The van der Waals surface area contributed by atoms with Crippen molar-refractivity contribution in [1.82, 2.24) is 14.8 Å². The molecule has 0 saturated carbocycles. The van der Waals surface area contributed by atoms with Gasteiger partial charge in [0.15, 0.2) is 0 Å². The van der Waals surface area contributed by atoms with E-state index in [0.717, 1.165) is 0 Å². The van der Waals surface area contributed by atoms with Crippen LogP contribution in [0.2, 0.25) is 0 Å². The van der Waals surface area contributed by atoms with Crippen molar-refractivity contribution >= 4 is 11.5 Å². The lowest BCUT2D eigenvalue weighted by Crippen LogP contribution is -2.07. The predicted octanol–water partition coefficient (Wildman–Crippen LogP) is 0.628. The van der Waals surface area contributed by atoms with E-state index in [0.29, 0.717) is 16.9 Å². The van der Waals surface area contributed by atoms with E-state index in [1.165, 1.54) is 6.20 Å². The molecule has 5 nitrogen and oxygen atoms in total. The molecule has 0 radical (unpaired) electrons. The van der Waals surface area contributed by atoms with Crippen molar-refractivity contribution in [3.8, 4) is 0 Å². The molecule has 0 saturated heterocycles. The first kappa shape index (κ1) is 9.39. The molecule has 2 aromatic rings. The summed E-state index contributed by atoms with van der Waals surface area (Å²) in [6.45, 7) is 0. The van der Waals surface area contributed by atoms with E-state index in [2.05, 4.69) is 10.1 Å². The van der Waals surface area contributed by atoms with Crippen molar-refractivity contribution in [2.75, 3.05) is 5.73 Å². The number of nitrogens with two attached hydrogens (primary N) is 1. The Kier molecular flexibility index (Phi) is 2.21. The molecular formula is C10H10N4O. The van der Waals surface area contributed by atoms with E-state index in [1.807, 2.05) is 0 Å². The molecule has 0 atom stereocenters. The molecule has 2 heterocycles. The molecule has 2 N–H and O–H groups in total. The SMILES string of the molecule is Cn1ccc(C(=O)c2cnccc2N)n1. The third-order valence-electron chi connectivity index (χ3n) is 2.05. The predicted molar refractivity (Wildman–Crippen MR) is 55.3 cm³/mol. The largest absolute Gasteiger partial charge is 0.398 e. The lowest BCUT2D eigenvalue weighted by atomic mass is 10.1. The van der Waals surface area contributed by atoms with Crippen LogP contribution in [0.1, 0.15) is 16.1 Å². The average molecular weight is 202 g/mol. The molecule has 0 aliphatic rings. The Morgan fingerprint density at radius 3 is 2.87 bits per heavy atom. The molecule has 0 bridgehead atoms. The zero-order chi connectivity index (χ0) is 10.8. The summed E-state index contributed by atoms with van der Waals surface area (Å²) in [6.07, 6.45) is 4.71. The zero-order valence-corrected chi connectivity index (χ0v) is 8.21. The molecule has 0 fully saturated rings. The first-order valence-corrected chi connectivity index (χ1v) is 4.42. The van der Waals surface area contributed by atoms with Gasteiger partial charge in [0.1, 0.15) is 5.69 Å². The number of rotatable bonds is 2. The topological polar surface area (TPSA) is 73.8 Å². The molecule has 0 aliphatic carbocycles. The molecule has 0 aliphatic heterocycles. The lowest BCUT2D eigenvalue weighted by Gasteiger charge is -2.00. The minimum Gasteiger partial charge on any atom is -0.398 e. The summed E-state index contributed by atoms with van der Waals surface area (Å²) in [6, 6.07) is 3.24.